The molecule has 4 rings (SSSR count). The van der Waals surface area contributed by atoms with Gasteiger partial charge in [-0.3, -0.25) is 10.00 Å². The van der Waals surface area contributed by atoms with Crippen LogP contribution in [0.1, 0.15) is 23.7 Å². The molecule has 1 aliphatic heterocycles. The van der Waals surface area contributed by atoms with E-state index in [1.54, 1.807) is 6.92 Å². The first kappa shape index (κ1) is 22.9. The number of ether oxygens (including phenoxy) is 3. The first-order valence-corrected chi connectivity index (χ1v) is 10.7. The van der Waals surface area contributed by atoms with Crippen molar-refractivity contribution in [1.82, 2.24) is 25.1 Å². The predicted octanol–water partition coefficient (Wildman–Crippen LogP) is 3.20. The Morgan fingerprint density at radius 1 is 1.15 bits per heavy atom. The van der Waals surface area contributed by atoms with E-state index < -0.39 is 11.6 Å². The summed E-state index contributed by atoms with van der Waals surface area (Å²) in [6.07, 6.45) is 3.26. The number of aryl methyl sites for hydroxylation is 1. The minimum absolute atomic E-state index is 0.0183. The zero-order valence-corrected chi connectivity index (χ0v) is 18.5. The van der Waals surface area contributed by atoms with Crippen LogP contribution in [-0.4, -0.2) is 58.5 Å². The average molecular weight is 460 g/mol. The highest BCUT2D eigenvalue weighted by molar-refractivity contribution is 5.48. The smallest absolute Gasteiger partial charge is 0.228 e. The second-order valence-electron chi connectivity index (χ2n) is 7.52. The number of hydrogen-bond donors (Lipinski definition) is 2. The monoisotopic (exact) mass is 460 g/mol. The van der Waals surface area contributed by atoms with Crippen molar-refractivity contribution in [2.24, 2.45) is 0 Å². The molecule has 0 saturated carbocycles. The Balaban J connectivity index is 1.36. The lowest BCUT2D eigenvalue weighted by Crippen LogP contribution is -2.35. The van der Waals surface area contributed by atoms with Gasteiger partial charge in [0.1, 0.15) is 18.2 Å². The molecule has 2 N–H and O–H groups in total. The van der Waals surface area contributed by atoms with Gasteiger partial charge < -0.3 is 19.5 Å². The van der Waals surface area contributed by atoms with E-state index in [4.69, 9.17) is 14.2 Å². The molecule has 0 atom stereocenters. The van der Waals surface area contributed by atoms with Crippen LogP contribution in [-0.2, 0) is 24.3 Å². The lowest BCUT2D eigenvalue weighted by Gasteiger charge is -2.25. The molecule has 0 bridgehead atoms. The zero-order valence-electron chi connectivity index (χ0n) is 18.5. The summed E-state index contributed by atoms with van der Waals surface area (Å²) in [4.78, 5) is 10.6. The van der Waals surface area contributed by atoms with E-state index in [-0.39, 0.29) is 23.7 Å². The van der Waals surface area contributed by atoms with Crippen LogP contribution in [0, 0.1) is 11.6 Å². The van der Waals surface area contributed by atoms with Crippen LogP contribution in [0.3, 0.4) is 0 Å². The summed E-state index contributed by atoms with van der Waals surface area (Å²) in [5.41, 5.74) is 1.06. The first-order chi connectivity index (χ1) is 16.1. The second kappa shape index (κ2) is 10.5. The highest BCUT2D eigenvalue weighted by Crippen LogP contribution is 2.28. The molecule has 9 nitrogen and oxygen atoms in total. The summed E-state index contributed by atoms with van der Waals surface area (Å²) in [5, 5.41) is 10.2. The molecule has 0 aliphatic carbocycles. The minimum Gasteiger partial charge on any atom is -0.494 e. The van der Waals surface area contributed by atoms with Gasteiger partial charge in [0.25, 0.3) is 0 Å². The Labute approximate surface area is 190 Å². The Bertz CT molecular complexity index is 1040. The van der Waals surface area contributed by atoms with Gasteiger partial charge in [-0.15, -0.1) is 0 Å². The molecule has 2 aromatic heterocycles. The molecule has 3 heterocycles. The topological polar surface area (TPSA) is 97.4 Å². The van der Waals surface area contributed by atoms with Gasteiger partial charge in [0.15, 0.2) is 17.3 Å². The number of nitrogens with zero attached hydrogens (tertiary/aromatic N) is 4. The zero-order chi connectivity index (χ0) is 23.2. The number of rotatable bonds is 9. The number of halogens is 2. The minimum atomic E-state index is -0.779. The van der Waals surface area contributed by atoms with Gasteiger partial charge in [0.05, 0.1) is 44.0 Å². The van der Waals surface area contributed by atoms with Gasteiger partial charge in [-0.2, -0.15) is 5.10 Å². The van der Waals surface area contributed by atoms with E-state index >= 15 is 0 Å². The summed E-state index contributed by atoms with van der Waals surface area (Å²) < 4.78 is 45.0. The van der Waals surface area contributed by atoms with E-state index in [0.29, 0.717) is 23.8 Å². The standard InChI is InChI=1S/C22H26F2N6O3/c1-3-14-8-18(31-2)21(24)17(20(14)23)13-33-16-10-25-22(26-11-16)27-19-9-15(28-29-19)12-30-4-6-32-7-5-30/h8-11H,3-7,12-13H2,1-2H3,(H2,25,26,27,28,29). The van der Waals surface area contributed by atoms with Crippen LogP contribution >= 0.6 is 0 Å². The van der Waals surface area contributed by atoms with Crippen LogP contribution in [0.25, 0.3) is 0 Å². The molecule has 1 aliphatic rings. The van der Waals surface area contributed by atoms with Crippen LogP contribution in [0.2, 0.25) is 0 Å². The normalized spacial score (nSPS) is 14.3. The summed E-state index contributed by atoms with van der Waals surface area (Å²) in [6.45, 7) is 5.41. The number of anilines is 2. The Hall–Kier alpha value is -3.31. The van der Waals surface area contributed by atoms with E-state index in [9.17, 15) is 8.78 Å². The second-order valence-corrected chi connectivity index (χ2v) is 7.52. The van der Waals surface area contributed by atoms with Gasteiger partial charge in [0, 0.05) is 25.7 Å². The van der Waals surface area contributed by atoms with E-state index in [1.807, 2.05) is 6.07 Å². The van der Waals surface area contributed by atoms with Gasteiger partial charge in [0.2, 0.25) is 5.95 Å². The fourth-order valence-electron chi connectivity index (χ4n) is 3.48. The summed E-state index contributed by atoms with van der Waals surface area (Å²) in [7, 11) is 1.34. The number of nitrogens with one attached hydrogen (secondary N) is 2. The molecule has 1 saturated heterocycles. The Morgan fingerprint density at radius 3 is 2.61 bits per heavy atom. The first-order valence-electron chi connectivity index (χ1n) is 10.7. The van der Waals surface area contributed by atoms with Crippen LogP contribution in [0.15, 0.2) is 24.5 Å². The lowest BCUT2D eigenvalue weighted by molar-refractivity contribution is 0.0336. The largest absolute Gasteiger partial charge is 0.494 e. The molecule has 0 amide bonds. The number of hydrogen-bond acceptors (Lipinski definition) is 8. The quantitative estimate of drug-likeness (QED) is 0.503. The fourth-order valence-corrected chi connectivity index (χ4v) is 3.48. The van der Waals surface area contributed by atoms with Crippen molar-refractivity contribution in [1.29, 1.82) is 0 Å². The molecule has 0 spiro atoms. The third-order valence-corrected chi connectivity index (χ3v) is 5.31. The molecule has 11 heteroatoms. The molecule has 1 fully saturated rings. The molecule has 176 valence electrons. The van der Waals surface area contributed by atoms with E-state index in [1.165, 1.54) is 25.6 Å². The summed E-state index contributed by atoms with van der Waals surface area (Å²) in [5.74, 6) is -0.177. The van der Waals surface area contributed by atoms with Crippen molar-refractivity contribution in [3.05, 3.63) is 53.0 Å². The molecule has 0 unspecified atom stereocenters. The van der Waals surface area contributed by atoms with Gasteiger partial charge in [-0.1, -0.05) is 6.92 Å². The Kier molecular flexibility index (Phi) is 7.30. The maximum Gasteiger partial charge on any atom is 0.228 e. The number of aromatic amines is 1. The molecular weight excluding hydrogens is 434 g/mol. The number of benzene rings is 1. The molecule has 0 radical (unpaired) electrons. The third-order valence-electron chi connectivity index (χ3n) is 5.31. The van der Waals surface area contributed by atoms with Crippen molar-refractivity contribution in [3.8, 4) is 11.5 Å². The fraction of sp³-hybridized carbons (Fsp3) is 0.409. The van der Waals surface area contributed by atoms with E-state index in [0.717, 1.165) is 38.5 Å². The summed E-state index contributed by atoms with van der Waals surface area (Å²) >= 11 is 0. The van der Waals surface area contributed by atoms with E-state index in [2.05, 4.69) is 30.4 Å². The predicted molar refractivity (Wildman–Crippen MR) is 117 cm³/mol. The van der Waals surface area contributed by atoms with Gasteiger partial charge in [-0.25, -0.2) is 18.7 Å². The van der Waals surface area contributed by atoms with Crippen LogP contribution < -0.4 is 14.8 Å². The van der Waals surface area contributed by atoms with Crippen molar-refractivity contribution in [2.45, 2.75) is 26.5 Å². The number of morpholine rings is 1. The van der Waals surface area contributed by atoms with Crippen molar-refractivity contribution >= 4 is 11.8 Å². The molecule has 33 heavy (non-hydrogen) atoms. The maximum atomic E-state index is 14.6. The number of H-pyrrole nitrogens is 1. The van der Waals surface area contributed by atoms with Gasteiger partial charge in [-0.05, 0) is 18.1 Å². The van der Waals surface area contributed by atoms with Crippen molar-refractivity contribution in [2.75, 3.05) is 38.7 Å². The average Bonchev–Trinajstić information content (AvgIpc) is 3.27. The molecule has 1 aromatic carbocycles. The summed E-state index contributed by atoms with van der Waals surface area (Å²) in [6, 6.07) is 3.25. The highest BCUT2D eigenvalue weighted by Gasteiger charge is 2.19. The maximum absolute atomic E-state index is 14.6. The SMILES string of the molecule is CCc1cc(OC)c(F)c(COc2cnc(Nc3cc(CN4CCOCC4)n[nH]3)nc2)c1F. The van der Waals surface area contributed by atoms with Crippen LogP contribution in [0.4, 0.5) is 20.5 Å². The van der Waals surface area contributed by atoms with Crippen molar-refractivity contribution < 1.29 is 23.0 Å². The highest BCUT2D eigenvalue weighted by atomic mass is 19.1. The lowest BCUT2D eigenvalue weighted by atomic mass is 10.1. The van der Waals surface area contributed by atoms with Crippen LogP contribution in [0.5, 0.6) is 11.5 Å². The van der Waals surface area contributed by atoms with Crippen molar-refractivity contribution in [3.63, 3.8) is 0 Å². The Morgan fingerprint density at radius 2 is 1.91 bits per heavy atom. The van der Waals surface area contributed by atoms with Gasteiger partial charge >= 0.3 is 0 Å². The number of methoxy groups -OCH3 is 1. The third kappa shape index (κ3) is 5.55. The number of aromatic nitrogens is 4. The molecular formula is C22H26F2N6O3. The molecule has 3 aromatic rings.